The summed E-state index contributed by atoms with van der Waals surface area (Å²) in [4.78, 5) is 25.8. The van der Waals surface area contributed by atoms with Crippen molar-refractivity contribution in [3.8, 4) is 5.75 Å². The maximum absolute atomic E-state index is 12.2. The fourth-order valence-corrected chi connectivity index (χ4v) is 3.59. The molecule has 1 fully saturated rings. The first-order valence-corrected chi connectivity index (χ1v) is 9.09. The number of likely N-dealkylation sites (N-methyl/N-ethyl adjacent to an activating group) is 1. The van der Waals surface area contributed by atoms with Crippen LogP contribution in [0.4, 0.5) is 0 Å². The van der Waals surface area contributed by atoms with Crippen molar-refractivity contribution in [3.63, 3.8) is 0 Å². The van der Waals surface area contributed by atoms with Gasteiger partial charge in [-0.1, -0.05) is 19.3 Å². The highest BCUT2D eigenvalue weighted by molar-refractivity contribution is 5.79. The number of nitrogens with zero attached hydrogens (tertiary/aromatic N) is 1. The van der Waals surface area contributed by atoms with Crippen molar-refractivity contribution in [1.82, 2.24) is 10.2 Å². The molecule has 0 aliphatic heterocycles. The maximum Gasteiger partial charge on any atom is 0.336 e. The van der Waals surface area contributed by atoms with Crippen LogP contribution in [0.3, 0.4) is 0 Å². The van der Waals surface area contributed by atoms with E-state index in [4.69, 9.17) is 9.15 Å². The van der Waals surface area contributed by atoms with Crippen LogP contribution in [0, 0.1) is 0 Å². The second-order valence-corrected chi connectivity index (χ2v) is 7.20. The third-order valence-electron chi connectivity index (χ3n) is 5.31. The topological polar surface area (TPSA) is 71.8 Å². The zero-order valence-electron chi connectivity index (χ0n) is 15.4. The largest absolute Gasteiger partial charge is 0.484 e. The van der Waals surface area contributed by atoms with Gasteiger partial charge in [0.15, 0.2) is 6.61 Å². The Balaban J connectivity index is 1.56. The van der Waals surface area contributed by atoms with Crippen LogP contribution in [0.15, 0.2) is 39.5 Å². The number of fused-ring (bicyclic) bond motifs is 1. The molecule has 1 saturated carbocycles. The summed E-state index contributed by atoms with van der Waals surface area (Å²) in [5.74, 6) is 0.355. The molecule has 26 heavy (non-hydrogen) atoms. The van der Waals surface area contributed by atoms with Gasteiger partial charge in [0, 0.05) is 29.6 Å². The molecule has 0 unspecified atom stereocenters. The highest BCUT2D eigenvalue weighted by atomic mass is 16.5. The average molecular weight is 358 g/mol. The van der Waals surface area contributed by atoms with Gasteiger partial charge in [-0.25, -0.2) is 4.79 Å². The van der Waals surface area contributed by atoms with Gasteiger partial charge in [-0.3, -0.25) is 4.79 Å². The zero-order chi connectivity index (χ0) is 18.6. The summed E-state index contributed by atoms with van der Waals surface area (Å²) in [6.07, 6.45) is 5.88. The highest BCUT2D eigenvalue weighted by Crippen LogP contribution is 2.31. The summed E-state index contributed by atoms with van der Waals surface area (Å²) in [7, 11) is 4.16. The van der Waals surface area contributed by atoms with Crippen LogP contribution in [0.25, 0.3) is 11.0 Å². The van der Waals surface area contributed by atoms with Gasteiger partial charge in [0.1, 0.15) is 11.3 Å². The lowest BCUT2D eigenvalue weighted by molar-refractivity contribution is -0.123. The third kappa shape index (κ3) is 4.25. The summed E-state index contributed by atoms with van der Waals surface area (Å²) < 4.78 is 10.7. The second kappa shape index (κ2) is 7.91. The van der Waals surface area contributed by atoms with Crippen molar-refractivity contribution in [2.75, 3.05) is 27.2 Å². The van der Waals surface area contributed by atoms with Gasteiger partial charge in [0.2, 0.25) is 0 Å². The molecule has 140 valence electrons. The summed E-state index contributed by atoms with van der Waals surface area (Å²) in [5, 5.41) is 3.82. The summed E-state index contributed by atoms with van der Waals surface area (Å²) in [6.45, 7) is 0.570. The Morgan fingerprint density at radius 1 is 1.19 bits per heavy atom. The van der Waals surface area contributed by atoms with E-state index in [1.54, 1.807) is 24.3 Å². The number of hydrogen-bond donors (Lipinski definition) is 1. The van der Waals surface area contributed by atoms with Crippen molar-refractivity contribution in [2.24, 2.45) is 0 Å². The number of nitrogens with one attached hydrogen (secondary N) is 1. The molecule has 0 bridgehead atoms. The van der Waals surface area contributed by atoms with E-state index in [-0.39, 0.29) is 18.1 Å². The Bertz CT molecular complexity index is 822. The SMILES string of the molecule is CN(C)C1(CNC(=O)COc2ccc3ccc(=O)oc3c2)CCCCC1. The van der Waals surface area contributed by atoms with E-state index in [0.29, 0.717) is 17.9 Å². The first kappa shape index (κ1) is 18.5. The Labute approximate surface area is 153 Å². The predicted octanol–water partition coefficient (Wildman–Crippen LogP) is 2.55. The molecular weight excluding hydrogens is 332 g/mol. The molecule has 1 amide bonds. The number of hydrogen-bond acceptors (Lipinski definition) is 5. The lowest BCUT2D eigenvalue weighted by Crippen LogP contribution is -2.54. The van der Waals surface area contributed by atoms with Crippen LogP contribution in [-0.4, -0.2) is 43.6 Å². The van der Waals surface area contributed by atoms with Gasteiger partial charge >= 0.3 is 5.63 Å². The Morgan fingerprint density at radius 2 is 1.92 bits per heavy atom. The number of benzene rings is 1. The van der Waals surface area contributed by atoms with Gasteiger partial charge < -0.3 is 19.4 Å². The van der Waals surface area contributed by atoms with Crippen molar-refractivity contribution >= 4 is 16.9 Å². The monoisotopic (exact) mass is 358 g/mol. The van der Waals surface area contributed by atoms with Crippen LogP contribution >= 0.6 is 0 Å². The molecule has 0 atom stereocenters. The molecule has 1 N–H and O–H groups in total. The van der Waals surface area contributed by atoms with Crippen LogP contribution in [0.1, 0.15) is 32.1 Å². The van der Waals surface area contributed by atoms with Crippen LogP contribution in [0.2, 0.25) is 0 Å². The molecule has 2 aromatic rings. The Kier molecular flexibility index (Phi) is 5.61. The Hall–Kier alpha value is -2.34. The molecule has 0 saturated heterocycles. The standard InChI is InChI=1S/C20H26N2O4/c1-22(2)20(10-4-3-5-11-20)14-21-18(23)13-25-16-8-6-15-7-9-19(24)26-17(15)12-16/h6-9,12H,3-5,10-11,13-14H2,1-2H3,(H,21,23). The smallest absolute Gasteiger partial charge is 0.336 e. The first-order chi connectivity index (χ1) is 12.5. The summed E-state index contributed by atoms with van der Waals surface area (Å²) in [5.41, 5.74) is 0.0818. The van der Waals surface area contributed by atoms with E-state index in [9.17, 15) is 9.59 Å². The molecule has 6 heteroatoms. The molecule has 1 heterocycles. The van der Waals surface area contributed by atoms with Gasteiger partial charge in [0.25, 0.3) is 5.91 Å². The fraction of sp³-hybridized carbons (Fsp3) is 0.500. The number of rotatable bonds is 6. The van der Waals surface area contributed by atoms with Gasteiger partial charge in [-0.2, -0.15) is 0 Å². The molecule has 3 rings (SSSR count). The molecule has 1 aliphatic carbocycles. The minimum Gasteiger partial charge on any atom is -0.484 e. The van der Waals surface area contributed by atoms with Crippen LogP contribution < -0.4 is 15.7 Å². The van der Waals surface area contributed by atoms with Crippen molar-refractivity contribution < 1.29 is 13.9 Å². The average Bonchev–Trinajstić information content (AvgIpc) is 2.65. The number of ether oxygens (including phenoxy) is 1. The number of carbonyl (C=O) groups is 1. The van der Waals surface area contributed by atoms with E-state index < -0.39 is 5.63 Å². The van der Waals surface area contributed by atoms with Gasteiger partial charge in [-0.15, -0.1) is 0 Å². The second-order valence-electron chi connectivity index (χ2n) is 7.20. The van der Waals surface area contributed by atoms with Crippen LogP contribution in [0.5, 0.6) is 5.75 Å². The minimum atomic E-state index is -0.408. The highest BCUT2D eigenvalue weighted by Gasteiger charge is 2.34. The summed E-state index contributed by atoms with van der Waals surface area (Å²) in [6, 6.07) is 8.27. The third-order valence-corrected chi connectivity index (χ3v) is 5.31. The molecule has 1 aromatic heterocycles. The predicted molar refractivity (Wildman–Crippen MR) is 100 cm³/mol. The maximum atomic E-state index is 12.2. The molecular formula is C20H26N2O4. The van der Waals surface area contributed by atoms with E-state index >= 15 is 0 Å². The van der Waals surface area contributed by atoms with E-state index in [2.05, 4.69) is 24.3 Å². The normalized spacial score (nSPS) is 16.6. The molecule has 1 aliphatic rings. The lowest BCUT2D eigenvalue weighted by Gasteiger charge is -2.43. The van der Waals surface area contributed by atoms with Gasteiger partial charge in [-0.05, 0) is 45.1 Å². The molecule has 0 radical (unpaired) electrons. The number of amides is 1. The van der Waals surface area contributed by atoms with E-state index in [1.807, 2.05) is 0 Å². The zero-order valence-corrected chi connectivity index (χ0v) is 15.4. The molecule has 1 aromatic carbocycles. The minimum absolute atomic E-state index is 0.0419. The van der Waals surface area contributed by atoms with Crippen molar-refractivity contribution in [2.45, 2.75) is 37.6 Å². The molecule has 0 spiro atoms. The first-order valence-electron chi connectivity index (χ1n) is 9.09. The van der Waals surface area contributed by atoms with Crippen LogP contribution in [-0.2, 0) is 4.79 Å². The fourth-order valence-electron chi connectivity index (χ4n) is 3.59. The van der Waals surface area contributed by atoms with E-state index in [0.717, 1.165) is 18.2 Å². The Morgan fingerprint density at radius 3 is 2.65 bits per heavy atom. The quantitative estimate of drug-likeness (QED) is 0.804. The summed E-state index contributed by atoms with van der Waals surface area (Å²) >= 11 is 0. The van der Waals surface area contributed by atoms with Crippen molar-refractivity contribution in [3.05, 3.63) is 40.8 Å². The van der Waals surface area contributed by atoms with E-state index in [1.165, 1.54) is 25.3 Å². The molecule has 6 nitrogen and oxygen atoms in total. The lowest BCUT2D eigenvalue weighted by atomic mass is 9.80. The van der Waals surface area contributed by atoms with Gasteiger partial charge in [0.05, 0.1) is 0 Å². The van der Waals surface area contributed by atoms with Crippen molar-refractivity contribution in [1.29, 1.82) is 0 Å². The number of carbonyl (C=O) groups excluding carboxylic acids is 1.